The standard InChI is InChI=1S/C10H14N4O2/c1-3-4-13-5-6-14(10(13)15)7-9-11-8(2)16-12-9/h5-6H,3-4,7H2,1-2H3. The van der Waals surface area contributed by atoms with Gasteiger partial charge in [0.1, 0.15) is 0 Å². The van der Waals surface area contributed by atoms with Gasteiger partial charge in [-0.05, 0) is 6.42 Å². The van der Waals surface area contributed by atoms with E-state index in [2.05, 4.69) is 10.1 Å². The van der Waals surface area contributed by atoms with E-state index >= 15 is 0 Å². The van der Waals surface area contributed by atoms with E-state index in [-0.39, 0.29) is 5.69 Å². The number of rotatable bonds is 4. The molecule has 86 valence electrons. The lowest BCUT2D eigenvalue weighted by Crippen LogP contribution is -2.24. The van der Waals surface area contributed by atoms with Gasteiger partial charge in [0, 0.05) is 25.9 Å². The molecule has 0 unspecified atom stereocenters. The van der Waals surface area contributed by atoms with Crippen LogP contribution in [0.1, 0.15) is 25.1 Å². The van der Waals surface area contributed by atoms with Gasteiger partial charge < -0.3 is 4.52 Å². The van der Waals surface area contributed by atoms with Crippen LogP contribution >= 0.6 is 0 Å². The minimum atomic E-state index is -0.0377. The van der Waals surface area contributed by atoms with Crippen molar-refractivity contribution in [2.24, 2.45) is 0 Å². The third-order valence-electron chi connectivity index (χ3n) is 2.26. The minimum absolute atomic E-state index is 0.0377. The molecule has 0 radical (unpaired) electrons. The van der Waals surface area contributed by atoms with Crippen molar-refractivity contribution in [1.29, 1.82) is 0 Å². The first kappa shape index (κ1) is 10.7. The molecule has 0 aliphatic heterocycles. The molecule has 2 rings (SSSR count). The van der Waals surface area contributed by atoms with Crippen molar-refractivity contribution in [2.45, 2.75) is 33.4 Å². The molecule has 2 heterocycles. The maximum atomic E-state index is 11.8. The number of hydrogen-bond donors (Lipinski definition) is 0. The molecule has 0 fully saturated rings. The Morgan fingerprint density at radius 3 is 2.75 bits per heavy atom. The summed E-state index contributed by atoms with van der Waals surface area (Å²) >= 11 is 0. The van der Waals surface area contributed by atoms with E-state index in [1.165, 1.54) is 0 Å². The minimum Gasteiger partial charge on any atom is -0.340 e. The third-order valence-corrected chi connectivity index (χ3v) is 2.26. The number of nitrogens with zero attached hydrogens (tertiary/aromatic N) is 4. The van der Waals surface area contributed by atoms with Crippen LogP contribution in [0.3, 0.4) is 0 Å². The van der Waals surface area contributed by atoms with Crippen LogP contribution in [0, 0.1) is 6.92 Å². The summed E-state index contributed by atoms with van der Waals surface area (Å²) in [6.45, 7) is 4.85. The molecule has 2 aromatic heterocycles. The second kappa shape index (κ2) is 4.34. The van der Waals surface area contributed by atoms with Gasteiger partial charge >= 0.3 is 5.69 Å². The zero-order chi connectivity index (χ0) is 11.5. The average Bonchev–Trinajstić information content (AvgIpc) is 2.80. The first-order chi connectivity index (χ1) is 7.70. The van der Waals surface area contributed by atoms with Gasteiger partial charge in [-0.3, -0.25) is 9.13 Å². The fraction of sp³-hybridized carbons (Fsp3) is 0.500. The van der Waals surface area contributed by atoms with Crippen LogP contribution in [-0.2, 0) is 13.1 Å². The highest BCUT2D eigenvalue weighted by molar-refractivity contribution is 4.89. The third kappa shape index (κ3) is 2.05. The first-order valence-electron chi connectivity index (χ1n) is 5.25. The van der Waals surface area contributed by atoms with Crippen molar-refractivity contribution in [2.75, 3.05) is 0 Å². The van der Waals surface area contributed by atoms with Gasteiger partial charge in [0.25, 0.3) is 0 Å². The van der Waals surface area contributed by atoms with Crippen LogP contribution in [0.4, 0.5) is 0 Å². The number of hydrogen-bond acceptors (Lipinski definition) is 4. The van der Waals surface area contributed by atoms with E-state index in [4.69, 9.17) is 4.52 Å². The molecule has 0 aliphatic carbocycles. The Labute approximate surface area is 92.5 Å². The maximum Gasteiger partial charge on any atom is 0.328 e. The lowest BCUT2D eigenvalue weighted by molar-refractivity contribution is 0.385. The molecule has 0 spiro atoms. The molecule has 0 saturated heterocycles. The van der Waals surface area contributed by atoms with E-state index in [0.717, 1.165) is 13.0 Å². The smallest absolute Gasteiger partial charge is 0.328 e. The molecule has 6 heteroatoms. The first-order valence-corrected chi connectivity index (χ1v) is 5.25. The Hall–Kier alpha value is -1.85. The summed E-state index contributed by atoms with van der Waals surface area (Å²) in [7, 11) is 0. The summed E-state index contributed by atoms with van der Waals surface area (Å²) in [5.74, 6) is 1.03. The number of aryl methyl sites for hydroxylation is 2. The predicted octanol–water partition coefficient (Wildman–Crippen LogP) is 0.800. The molecule has 0 aliphatic rings. The molecule has 0 bridgehead atoms. The quantitative estimate of drug-likeness (QED) is 0.767. The lowest BCUT2D eigenvalue weighted by Gasteiger charge is -1.97. The normalized spacial score (nSPS) is 10.9. The number of imidazole rings is 1. The van der Waals surface area contributed by atoms with Crippen LogP contribution < -0.4 is 5.69 Å². The number of aromatic nitrogens is 4. The predicted molar refractivity (Wildman–Crippen MR) is 57.1 cm³/mol. The molecule has 16 heavy (non-hydrogen) atoms. The molecule has 0 atom stereocenters. The highest BCUT2D eigenvalue weighted by Gasteiger charge is 2.07. The molecule has 6 nitrogen and oxygen atoms in total. The molecule has 0 N–H and O–H groups in total. The van der Waals surface area contributed by atoms with E-state index in [9.17, 15) is 4.79 Å². The summed E-state index contributed by atoms with van der Waals surface area (Å²) in [4.78, 5) is 15.9. The van der Waals surface area contributed by atoms with Gasteiger partial charge in [-0.2, -0.15) is 4.98 Å². The summed E-state index contributed by atoms with van der Waals surface area (Å²) in [6.07, 6.45) is 4.45. The van der Waals surface area contributed by atoms with Crippen LogP contribution in [0.5, 0.6) is 0 Å². The van der Waals surface area contributed by atoms with Gasteiger partial charge in [0.15, 0.2) is 5.82 Å². The van der Waals surface area contributed by atoms with Gasteiger partial charge in [-0.15, -0.1) is 0 Å². The van der Waals surface area contributed by atoms with Crippen molar-refractivity contribution in [3.63, 3.8) is 0 Å². The Balaban J connectivity index is 2.19. The largest absolute Gasteiger partial charge is 0.340 e. The van der Waals surface area contributed by atoms with Crippen molar-refractivity contribution < 1.29 is 4.52 Å². The van der Waals surface area contributed by atoms with E-state index in [0.29, 0.717) is 18.3 Å². The summed E-state index contributed by atoms with van der Waals surface area (Å²) in [5, 5.41) is 3.75. The van der Waals surface area contributed by atoms with Gasteiger partial charge in [-0.25, -0.2) is 4.79 Å². The second-order valence-electron chi connectivity index (χ2n) is 3.63. The zero-order valence-corrected chi connectivity index (χ0v) is 9.38. The van der Waals surface area contributed by atoms with Crippen molar-refractivity contribution in [3.05, 3.63) is 34.6 Å². The topological polar surface area (TPSA) is 65.8 Å². The summed E-state index contributed by atoms with van der Waals surface area (Å²) < 4.78 is 8.09. The monoisotopic (exact) mass is 222 g/mol. The van der Waals surface area contributed by atoms with Gasteiger partial charge in [0.2, 0.25) is 5.89 Å². The van der Waals surface area contributed by atoms with Crippen LogP contribution in [0.15, 0.2) is 21.7 Å². The van der Waals surface area contributed by atoms with Crippen molar-refractivity contribution >= 4 is 0 Å². The van der Waals surface area contributed by atoms with Crippen molar-refractivity contribution in [1.82, 2.24) is 19.3 Å². The average molecular weight is 222 g/mol. The van der Waals surface area contributed by atoms with Gasteiger partial charge in [0.05, 0.1) is 6.54 Å². The second-order valence-corrected chi connectivity index (χ2v) is 3.63. The molecular weight excluding hydrogens is 208 g/mol. The fourth-order valence-electron chi connectivity index (χ4n) is 1.54. The highest BCUT2D eigenvalue weighted by atomic mass is 16.5. The Morgan fingerprint density at radius 2 is 2.12 bits per heavy atom. The Morgan fingerprint density at radius 1 is 1.38 bits per heavy atom. The SMILES string of the molecule is CCCn1ccn(Cc2noc(C)n2)c1=O. The lowest BCUT2D eigenvalue weighted by atomic mass is 10.5. The molecule has 0 aromatic carbocycles. The van der Waals surface area contributed by atoms with Gasteiger partial charge in [-0.1, -0.05) is 12.1 Å². The van der Waals surface area contributed by atoms with E-state index < -0.39 is 0 Å². The van der Waals surface area contributed by atoms with E-state index in [1.807, 2.05) is 6.92 Å². The molecule has 0 amide bonds. The Bertz CT molecular complexity index is 523. The van der Waals surface area contributed by atoms with Crippen LogP contribution in [0.2, 0.25) is 0 Å². The summed E-state index contributed by atoms with van der Waals surface area (Å²) in [5.41, 5.74) is -0.0377. The Kier molecular flexibility index (Phi) is 2.89. The van der Waals surface area contributed by atoms with Crippen molar-refractivity contribution in [3.8, 4) is 0 Å². The van der Waals surface area contributed by atoms with Crippen LogP contribution in [0.25, 0.3) is 0 Å². The summed E-state index contributed by atoms with van der Waals surface area (Å²) in [6, 6.07) is 0. The zero-order valence-electron chi connectivity index (χ0n) is 9.38. The molecule has 2 aromatic rings. The van der Waals surface area contributed by atoms with E-state index in [1.54, 1.807) is 28.5 Å². The fourth-order valence-corrected chi connectivity index (χ4v) is 1.54. The molecular formula is C10H14N4O2. The molecule has 0 saturated carbocycles. The highest BCUT2D eigenvalue weighted by Crippen LogP contribution is 1.97. The maximum absolute atomic E-state index is 11.8. The van der Waals surface area contributed by atoms with Crippen LogP contribution in [-0.4, -0.2) is 19.3 Å².